The zero-order valence-electron chi connectivity index (χ0n) is 12.9. The van der Waals surface area contributed by atoms with Crippen LogP contribution in [0.3, 0.4) is 0 Å². The minimum atomic E-state index is -0.445. The second-order valence-corrected chi connectivity index (χ2v) is 7.41. The van der Waals surface area contributed by atoms with Crippen LogP contribution in [0.2, 0.25) is 10.0 Å². The molecule has 1 saturated heterocycles. The molecule has 3 rings (SSSR count). The Morgan fingerprint density at radius 2 is 1.92 bits per heavy atom. The first-order valence-corrected chi connectivity index (χ1v) is 9.01. The van der Waals surface area contributed by atoms with Crippen molar-refractivity contribution in [2.75, 3.05) is 11.9 Å². The van der Waals surface area contributed by atoms with E-state index in [1.807, 2.05) is 6.07 Å². The summed E-state index contributed by atoms with van der Waals surface area (Å²) in [5.41, 5.74) is 0.976. The number of nitrogens with one attached hydrogen (secondary N) is 1. The van der Waals surface area contributed by atoms with Gasteiger partial charge in [0.25, 0.3) is 0 Å². The van der Waals surface area contributed by atoms with E-state index in [1.165, 1.54) is 11.3 Å². The quantitative estimate of drug-likeness (QED) is 0.785. The van der Waals surface area contributed by atoms with Crippen LogP contribution >= 0.6 is 34.5 Å². The molecule has 0 bridgehead atoms. The molecule has 9 heteroatoms. The molecule has 2 aromatic rings. The van der Waals surface area contributed by atoms with Crippen LogP contribution in [0.5, 0.6) is 0 Å². The maximum atomic E-state index is 12.0. The second kappa shape index (κ2) is 7.51. The van der Waals surface area contributed by atoms with Crippen molar-refractivity contribution in [2.45, 2.75) is 19.3 Å². The SMILES string of the molecule is O=C(CN1C(=O)CCC1=O)Nc1ncc(Cc2ccc(Cl)c(Cl)c2)s1. The Bertz CT molecular complexity index is 837. The van der Waals surface area contributed by atoms with E-state index in [-0.39, 0.29) is 31.2 Å². The van der Waals surface area contributed by atoms with Crippen molar-refractivity contribution in [1.82, 2.24) is 9.88 Å². The molecule has 6 nitrogen and oxygen atoms in total. The van der Waals surface area contributed by atoms with Crippen molar-refractivity contribution >= 4 is 57.4 Å². The zero-order chi connectivity index (χ0) is 18.0. The highest BCUT2D eigenvalue weighted by molar-refractivity contribution is 7.15. The minimum absolute atomic E-state index is 0.164. The number of aromatic nitrogens is 1. The molecule has 0 saturated carbocycles. The van der Waals surface area contributed by atoms with Gasteiger partial charge in [-0.05, 0) is 17.7 Å². The molecule has 0 unspecified atom stereocenters. The third-order valence-electron chi connectivity index (χ3n) is 3.62. The van der Waals surface area contributed by atoms with Gasteiger partial charge in [0.15, 0.2) is 5.13 Å². The first-order chi connectivity index (χ1) is 11.9. The van der Waals surface area contributed by atoms with Gasteiger partial charge in [-0.25, -0.2) is 4.98 Å². The highest BCUT2D eigenvalue weighted by Crippen LogP contribution is 2.26. The minimum Gasteiger partial charge on any atom is -0.300 e. The van der Waals surface area contributed by atoms with Crippen LogP contribution < -0.4 is 5.32 Å². The molecule has 1 aliphatic heterocycles. The number of benzene rings is 1. The second-order valence-electron chi connectivity index (χ2n) is 5.48. The van der Waals surface area contributed by atoms with Crippen LogP contribution in [0.4, 0.5) is 5.13 Å². The lowest BCUT2D eigenvalue weighted by Gasteiger charge is -2.12. The molecule has 0 aliphatic carbocycles. The monoisotopic (exact) mass is 397 g/mol. The summed E-state index contributed by atoms with van der Waals surface area (Å²) in [6.07, 6.45) is 2.59. The molecule has 0 atom stereocenters. The van der Waals surface area contributed by atoms with E-state index < -0.39 is 5.91 Å². The summed E-state index contributed by atoms with van der Waals surface area (Å²) < 4.78 is 0. The number of carbonyl (C=O) groups excluding carboxylic acids is 3. The Labute approximate surface area is 157 Å². The number of nitrogens with zero attached hydrogens (tertiary/aromatic N) is 2. The van der Waals surface area contributed by atoms with E-state index in [0.717, 1.165) is 15.3 Å². The predicted octanol–water partition coefficient (Wildman–Crippen LogP) is 3.13. The molecule has 2 heterocycles. The number of anilines is 1. The largest absolute Gasteiger partial charge is 0.300 e. The van der Waals surface area contributed by atoms with Crippen LogP contribution in [-0.2, 0) is 20.8 Å². The smallest absolute Gasteiger partial charge is 0.246 e. The van der Waals surface area contributed by atoms with Crippen molar-refractivity contribution in [3.63, 3.8) is 0 Å². The lowest BCUT2D eigenvalue weighted by atomic mass is 10.1. The van der Waals surface area contributed by atoms with Crippen LogP contribution in [0.25, 0.3) is 0 Å². The fourth-order valence-corrected chi connectivity index (χ4v) is 3.58. The Kier molecular flexibility index (Phi) is 5.36. The van der Waals surface area contributed by atoms with E-state index >= 15 is 0 Å². The molecular formula is C16H13Cl2N3O3S. The first-order valence-electron chi connectivity index (χ1n) is 7.44. The molecule has 1 aliphatic rings. The summed E-state index contributed by atoms with van der Waals surface area (Å²) in [7, 11) is 0. The van der Waals surface area contributed by atoms with Crippen LogP contribution in [0.15, 0.2) is 24.4 Å². The number of amides is 3. The standard InChI is InChI=1S/C16H13Cl2N3O3S/c17-11-2-1-9(6-12(11)18)5-10-7-19-16(25-10)20-13(22)8-21-14(23)3-4-15(21)24/h1-2,6-7H,3-5,8H2,(H,19,20,22). The molecule has 0 radical (unpaired) electrons. The van der Waals surface area contributed by atoms with Gasteiger partial charge in [0.1, 0.15) is 6.54 Å². The van der Waals surface area contributed by atoms with Gasteiger partial charge in [-0.3, -0.25) is 19.3 Å². The summed E-state index contributed by atoms with van der Waals surface area (Å²) in [6, 6.07) is 5.39. The molecule has 1 N–H and O–H groups in total. The van der Waals surface area contributed by atoms with Crippen LogP contribution in [0.1, 0.15) is 23.3 Å². The predicted molar refractivity (Wildman–Crippen MR) is 96.0 cm³/mol. The maximum absolute atomic E-state index is 12.0. The van der Waals surface area contributed by atoms with E-state index in [0.29, 0.717) is 21.6 Å². The Balaban J connectivity index is 1.59. The van der Waals surface area contributed by atoms with Gasteiger partial charge in [0.2, 0.25) is 17.7 Å². The lowest BCUT2D eigenvalue weighted by molar-refractivity contribution is -0.141. The normalized spacial score (nSPS) is 14.2. The summed E-state index contributed by atoms with van der Waals surface area (Å²) in [4.78, 5) is 41.1. The summed E-state index contributed by atoms with van der Waals surface area (Å²) in [5.74, 6) is -1.08. The average molecular weight is 398 g/mol. The number of hydrogen-bond donors (Lipinski definition) is 1. The Morgan fingerprint density at radius 1 is 1.20 bits per heavy atom. The maximum Gasteiger partial charge on any atom is 0.246 e. The molecule has 3 amide bonds. The topological polar surface area (TPSA) is 79.4 Å². The number of hydrogen-bond acceptors (Lipinski definition) is 5. The highest BCUT2D eigenvalue weighted by atomic mass is 35.5. The third-order valence-corrected chi connectivity index (χ3v) is 5.27. The van der Waals surface area contributed by atoms with Crippen molar-refractivity contribution in [3.05, 3.63) is 44.9 Å². The highest BCUT2D eigenvalue weighted by Gasteiger charge is 2.30. The van der Waals surface area contributed by atoms with Crippen molar-refractivity contribution in [1.29, 1.82) is 0 Å². The molecule has 25 heavy (non-hydrogen) atoms. The van der Waals surface area contributed by atoms with E-state index in [9.17, 15) is 14.4 Å². The first kappa shape index (κ1) is 17.8. The van der Waals surface area contributed by atoms with Crippen LogP contribution in [0, 0.1) is 0 Å². The number of rotatable bonds is 5. The Hall–Kier alpha value is -1.96. The molecule has 1 fully saturated rings. The van der Waals surface area contributed by atoms with Gasteiger partial charge in [-0.2, -0.15) is 0 Å². The van der Waals surface area contributed by atoms with Gasteiger partial charge in [0, 0.05) is 30.3 Å². The number of likely N-dealkylation sites (tertiary alicyclic amines) is 1. The van der Waals surface area contributed by atoms with Crippen molar-refractivity contribution in [3.8, 4) is 0 Å². The van der Waals surface area contributed by atoms with E-state index in [1.54, 1.807) is 18.3 Å². The van der Waals surface area contributed by atoms with Crippen molar-refractivity contribution < 1.29 is 14.4 Å². The summed E-state index contributed by atoms with van der Waals surface area (Å²) in [5, 5.41) is 4.01. The fourth-order valence-electron chi connectivity index (χ4n) is 2.40. The summed E-state index contributed by atoms with van der Waals surface area (Å²) >= 11 is 13.2. The van der Waals surface area contributed by atoms with Gasteiger partial charge in [0.05, 0.1) is 10.0 Å². The number of carbonyl (C=O) groups is 3. The molecule has 130 valence electrons. The van der Waals surface area contributed by atoms with Crippen molar-refractivity contribution in [2.24, 2.45) is 0 Å². The third kappa shape index (κ3) is 4.36. The molecular weight excluding hydrogens is 385 g/mol. The van der Waals surface area contributed by atoms with E-state index in [4.69, 9.17) is 23.2 Å². The van der Waals surface area contributed by atoms with Gasteiger partial charge in [-0.15, -0.1) is 11.3 Å². The Morgan fingerprint density at radius 3 is 2.60 bits per heavy atom. The molecule has 1 aromatic heterocycles. The van der Waals surface area contributed by atoms with Gasteiger partial charge >= 0.3 is 0 Å². The van der Waals surface area contributed by atoms with E-state index in [2.05, 4.69) is 10.3 Å². The number of thiazole rings is 1. The summed E-state index contributed by atoms with van der Waals surface area (Å²) in [6.45, 7) is -0.278. The van der Waals surface area contributed by atoms with Crippen LogP contribution in [-0.4, -0.2) is 34.2 Å². The van der Waals surface area contributed by atoms with Gasteiger partial charge in [-0.1, -0.05) is 29.3 Å². The molecule has 1 aromatic carbocycles. The number of imide groups is 1. The molecule has 0 spiro atoms. The number of halogens is 2. The lowest BCUT2D eigenvalue weighted by Crippen LogP contribution is -2.36. The van der Waals surface area contributed by atoms with Gasteiger partial charge < -0.3 is 5.32 Å². The zero-order valence-corrected chi connectivity index (χ0v) is 15.2. The fraction of sp³-hybridized carbons (Fsp3) is 0.250. The average Bonchev–Trinajstić information content (AvgIpc) is 3.12.